The van der Waals surface area contributed by atoms with Gasteiger partial charge in [0.2, 0.25) is 0 Å². The fourth-order valence-electron chi connectivity index (χ4n) is 6.45. The minimum absolute atomic E-state index is 0.0318. The second kappa shape index (κ2) is 12.1. The van der Waals surface area contributed by atoms with Gasteiger partial charge < -0.3 is 33.1 Å². The third kappa shape index (κ3) is 5.27. The number of aromatic nitrogens is 4. The number of carboxylic acid groups (broad SMARTS) is 2. The molecule has 52 heavy (non-hydrogen) atoms. The lowest BCUT2D eigenvalue weighted by molar-refractivity contribution is 0.0682. The highest BCUT2D eigenvalue weighted by Crippen LogP contribution is 2.36. The molecule has 0 bridgehead atoms. The SMILES string of the molecule is Nc1ccc(-n2c(-c3ccc(-c4nc5ccc(-c6cc(C(=O)O)ccc6C(=O)O)cc5n4-c4ccc(N)c(N)c4)cc3)nc3ccccc32)cc1N. The zero-order valence-corrected chi connectivity index (χ0v) is 27.4. The molecule has 0 radical (unpaired) electrons. The average molecular weight is 687 g/mol. The van der Waals surface area contributed by atoms with Gasteiger partial charge in [0, 0.05) is 22.5 Å². The quantitative estimate of drug-likeness (QED) is 0.0936. The first-order chi connectivity index (χ1) is 25.1. The minimum atomic E-state index is -1.18. The number of aromatic carboxylic acids is 2. The number of benzene rings is 6. The Bertz CT molecular complexity index is 2750. The summed E-state index contributed by atoms with van der Waals surface area (Å²) in [6, 6.07) is 35.7. The van der Waals surface area contributed by atoms with Crippen LogP contribution >= 0.6 is 0 Å². The summed E-state index contributed by atoms with van der Waals surface area (Å²) in [7, 11) is 0. The van der Waals surface area contributed by atoms with Crippen molar-refractivity contribution in [2.45, 2.75) is 0 Å². The summed E-state index contributed by atoms with van der Waals surface area (Å²) in [5, 5.41) is 19.6. The van der Waals surface area contributed by atoms with Crippen molar-refractivity contribution >= 4 is 56.8 Å². The molecule has 0 saturated heterocycles. The van der Waals surface area contributed by atoms with Crippen LogP contribution in [0.4, 0.5) is 22.7 Å². The van der Waals surface area contributed by atoms with Gasteiger partial charge in [-0.2, -0.15) is 0 Å². The number of rotatable bonds is 7. The van der Waals surface area contributed by atoms with Crippen LogP contribution in [0.3, 0.4) is 0 Å². The average Bonchev–Trinajstić information content (AvgIpc) is 3.72. The van der Waals surface area contributed by atoms with E-state index in [-0.39, 0.29) is 16.7 Å². The highest BCUT2D eigenvalue weighted by atomic mass is 16.4. The van der Waals surface area contributed by atoms with Crippen molar-refractivity contribution in [1.82, 2.24) is 19.1 Å². The lowest BCUT2D eigenvalue weighted by atomic mass is 9.97. The van der Waals surface area contributed by atoms with E-state index in [1.807, 2.05) is 75.9 Å². The predicted molar refractivity (Wildman–Crippen MR) is 204 cm³/mol. The number of nitrogen functional groups attached to an aromatic ring is 4. The Labute approximate surface area is 295 Å². The van der Waals surface area contributed by atoms with Crippen molar-refractivity contribution in [3.8, 4) is 45.3 Å². The van der Waals surface area contributed by atoms with Crippen molar-refractivity contribution < 1.29 is 19.8 Å². The maximum Gasteiger partial charge on any atom is 0.336 e. The maximum atomic E-state index is 12.2. The van der Waals surface area contributed by atoms with Crippen molar-refractivity contribution in [1.29, 1.82) is 0 Å². The maximum absolute atomic E-state index is 12.2. The van der Waals surface area contributed by atoms with Gasteiger partial charge in [0.25, 0.3) is 0 Å². The molecule has 2 heterocycles. The number of anilines is 4. The van der Waals surface area contributed by atoms with Gasteiger partial charge >= 0.3 is 11.9 Å². The van der Waals surface area contributed by atoms with E-state index in [4.69, 9.17) is 32.9 Å². The fraction of sp³-hybridized carbons (Fsp3) is 0. The molecule has 0 fully saturated rings. The van der Waals surface area contributed by atoms with Crippen LogP contribution in [0, 0.1) is 0 Å². The second-order valence-corrected chi connectivity index (χ2v) is 12.3. The number of nitrogens with zero attached hydrogens (tertiary/aromatic N) is 4. The van der Waals surface area contributed by atoms with Gasteiger partial charge in [-0.05, 0) is 90.0 Å². The molecular weight excluding hydrogens is 656 g/mol. The summed E-state index contributed by atoms with van der Waals surface area (Å²) in [6.07, 6.45) is 0. The molecule has 12 heteroatoms. The number of para-hydroxylation sites is 2. The molecule has 0 saturated carbocycles. The predicted octanol–water partition coefficient (Wildman–Crippen LogP) is 7.09. The van der Waals surface area contributed by atoms with E-state index in [2.05, 4.69) is 0 Å². The number of carbonyl (C=O) groups is 2. The van der Waals surface area contributed by atoms with Gasteiger partial charge in [-0.1, -0.05) is 42.5 Å². The molecule has 0 unspecified atom stereocenters. The standard InChI is InChI=1S/C40H30N8O4/c41-29-14-11-25(19-31(29)43)47-35-4-2-1-3-33(35)45-37(47)21-5-7-22(8-6-21)38-46-34-16-10-23(28-17-24(39(49)50)9-13-27(28)40(51)52)18-36(34)48(38)26-12-15-30(42)32(44)20-26/h1-20H,41-44H2,(H,49,50)(H,51,52). The van der Waals surface area contributed by atoms with E-state index < -0.39 is 11.9 Å². The summed E-state index contributed by atoms with van der Waals surface area (Å²) in [6.45, 7) is 0. The first kappa shape index (κ1) is 31.7. The molecule has 8 rings (SSSR count). The zero-order chi connectivity index (χ0) is 36.3. The summed E-state index contributed by atoms with van der Waals surface area (Å²) < 4.78 is 3.95. The second-order valence-electron chi connectivity index (χ2n) is 12.3. The Morgan fingerprint density at radius 1 is 0.500 bits per heavy atom. The Morgan fingerprint density at radius 2 is 1.04 bits per heavy atom. The summed E-state index contributed by atoms with van der Waals surface area (Å²) in [5.41, 5.74) is 33.1. The number of fused-ring (bicyclic) bond motifs is 2. The molecule has 0 aliphatic carbocycles. The molecule has 8 aromatic rings. The van der Waals surface area contributed by atoms with Crippen molar-refractivity contribution in [3.05, 3.63) is 132 Å². The highest BCUT2D eigenvalue weighted by molar-refractivity contribution is 6.00. The summed E-state index contributed by atoms with van der Waals surface area (Å²) >= 11 is 0. The Kier molecular flexibility index (Phi) is 7.35. The van der Waals surface area contributed by atoms with Crippen LogP contribution < -0.4 is 22.9 Å². The molecule has 0 amide bonds. The number of nitrogens with two attached hydrogens (primary N) is 4. The van der Waals surface area contributed by atoms with Crippen LogP contribution in [0.1, 0.15) is 20.7 Å². The van der Waals surface area contributed by atoms with E-state index in [0.717, 1.165) is 27.8 Å². The van der Waals surface area contributed by atoms with Gasteiger partial charge in [0.05, 0.1) is 55.9 Å². The molecule has 0 aliphatic heterocycles. The summed E-state index contributed by atoms with van der Waals surface area (Å²) in [5.74, 6) is -1.05. The molecule has 10 N–H and O–H groups in total. The first-order valence-corrected chi connectivity index (χ1v) is 16.1. The van der Waals surface area contributed by atoms with Crippen LogP contribution in [0.2, 0.25) is 0 Å². The van der Waals surface area contributed by atoms with Crippen LogP contribution in [-0.4, -0.2) is 41.3 Å². The third-order valence-corrected chi connectivity index (χ3v) is 9.08. The topological polar surface area (TPSA) is 214 Å². The van der Waals surface area contributed by atoms with E-state index >= 15 is 0 Å². The molecule has 2 aromatic heterocycles. The smallest absolute Gasteiger partial charge is 0.336 e. The van der Waals surface area contributed by atoms with E-state index in [1.54, 1.807) is 36.4 Å². The van der Waals surface area contributed by atoms with Gasteiger partial charge in [0.15, 0.2) is 0 Å². The third-order valence-electron chi connectivity index (χ3n) is 9.08. The normalized spacial score (nSPS) is 11.3. The number of carboxylic acids is 2. The molecular formula is C40H30N8O4. The Morgan fingerprint density at radius 3 is 1.60 bits per heavy atom. The van der Waals surface area contributed by atoms with Crippen molar-refractivity contribution in [3.63, 3.8) is 0 Å². The van der Waals surface area contributed by atoms with Crippen LogP contribution in [0.25, 0.3) is 67.3 Å². The largest absolute Gasteiger partial charge is 0.478 e. The Hall–Kier alpha value is -7.60. The number of imidazole rings is 2. The lowest BCUT2D eigenvalue weighted by Gasteiger charge is -2.14. The van der Waals surface area contributed by atoms with E-state index in [1.165, 1.54) is 18.2 Å². The van der Waals surface area contributed by atoms with Gasteiger partial charge in [0.1, 0.15) is 11.6 Å². The zero-order valence-electron chi connectivity index (χ0n) is 27.4. The number of hydrogen-bond donors (Lipinski definition) is 6. The van der Waals surface area contributed by atoms with Gasteiger partial charge in [-0.15, -0.1) is 0 Å². The van der Waals surface area contributed by atoms with Crippen molar-refractivity contribution in [2.24, 2.45) is 0 Å². The highest BCUT2D eigenvalue weighted by Gasteiger charge is 2.21. The Balaban J connectivity index is 1.30. The molecule has 254 valence electrons. The molecule has 12 nitrogen and oxygen atoms in total. The van der Waals surface area contributed by atoms with E-state index in [0.29, 0.717) is 56.7 Å². The lowest BCUT2D eigenvalue weighted by Crippen LogP contribution is -2.04. The summed E-state index contributed by atoms with van der Waals surface area (Å²) in [4.78, 5) is 34.0. The minimum Gasteiger partial charge on any atom is -0.478 e. The van der Waals surface area contributed by atoms with E-state index in [9.17, 15) is 19.8 Å². The van der Waals surface area contributed by atoms with Crippen LogP contribution in [0.5, 0.6) is 0 Å². The van der Waals surface area contributed by atoms with Crippen LogP contribution in [-0.2, 0) is 0 Å². The van der Waals surface area contributed by atoms with Crippen LogP contribution in [0.15, 0.2) is 121 Å². The molecule has 0 spiro atoms. The first-order valence-electron chi connectivity index (χ1n) is 16.1. The van der Waals surface area contributed by atoms with Crippen molar-refractivity contribution in [2.75, 3.05) is 22.9 Å². The fourth-order valence-corrected chi connectivity index (χ4v) is 6.45. The van der Waals surface area contributed by atoms with Gasteiger partial charge in [-0.25, -0.2) is 19.6 Å². The molecule has 0 aliphatic rings. The number of hydrogen-bond acceptors (Lipinski definition) is 8. The van der Waals surface area contributed by atoms with Gasteiger partial charge in [-0.3, -0.25) is 9.13 Å². The monoisotopic (exact) mass is 686 g/mol. The molecule has 6 aromatic carbocycles. The molecule has 0 atom stereocenters.